The lowest BCUT2D eigenvalue weighted by molar-refractivity contribution is 0.619. The van der Waals surface area contributed by atoms with Crippen molar-refractivity contribution in [1.82, 2.24) is 9.78 Å². The van der Waals surface area contributed by atoms with Crippen molar-refractivity contribution in [2.45, 2.75) is 40.3 Å². The van der Waals surface area contributed by atoms with Gasteiger partial charge in [-0.2, -0.15) is 5.10 Å². The summed E-state index contributed by atoms with van der Waals surface area (Å²) in [6.45, 7) is 7.79. The largest absolute Gasteiger partial charge is 0.379 e. The summed E-state index contributed by atoms with van der Waals surface area (Å²) in [5.41, 5.74) is 4.41. The second kappa shape index (κ2) is 6.11. The van der Waals surface area contributed by atoms with Crippen molar-refractivity contribution in [3.63, 3.8) is 0 Å². The fourth-order valence-corrected chi connectivity index (χ4v) is 2.47. The quantitative estimate of drug-likeness (QED) is 0.894. The third-order valence-corrected chi connectivity index (χ3v) is 3.72. The van der Waals surface area contributed by atoms with Gasteiger partial charge in [-0.15, -0.1) is 0 Å². The third-order valence-electron chi connectivity index (χ3n) is 3.29. The number of benzene rings is 1. The van der Waals surface area contributed by atoms with Gasteiger partial charge in [0.2, 0.25) is 0 Å². The van der Waals surface area contributed by atoms with Crippen LogP contribution >= 0.6 is 11.6 Å². The van der Waals surface area contributed by atoms with E-state index in [0.29, 0.717) is 6.54 Å². The van der Waals surface area contributed by atoms with Crippen molar-refractivity contribution in [2.24, 2.45) is 0 Å². The molecule has 2 rings (SSSR count). The first-order valence-corrected chi connectivity index (χ1v) is 7.08. The van der Waals surface area contributed by atoms with E-state index in [9.17, 15) is 0 Å². The van der Waals surface area contributed by atoms with Crippen LogP contribution in [0.1, 0.15) is 30.8 Å². The molecule has 0 amide bonds. The van der Waals surface area contributed by atoms with Crippen LogP contribution in [0, 0.1) is 6.92 Å². The minimum Gasteiger partial charge on any atom is -0.379 e. The molecule has 0 spiro atoms. The van der Waals surface area contributed by atoms with Crippen molar-refractivity contribution >= 4 is 17.3 Å². The molecule has 3 nitrogen and oxygen atoms in total. The van der Waals surface area contributed by atoms with E-state index in [1.165, 1.54) is 5.56 Å². The summed E-state index contributed by atoms with van der Waals surface area (Å²) in [4.78, 5) is 0. The maximum absolute atomic E-state index is 6.39. The summed E-state index contributed by atoms with van der Waals surface area (Å²) >= 11 is 6.39. The molecule has 0 aliphatic rings. The molecule has 0 aliphatic heterocycles. The summed E-state index contributed by atoms with van der Waals surface area (Å²) in [6, 6.07) is 8.25. The predicted molar refractivity (Wildman–Crippen MR) is 80.8 cm³/mol. The molecule has 4 heteroatoms. The Morgan fingerprint density at radius 2 is 2.00 bits per heavy atom. The molecule has 0 radical (unpaired) electrons. The fraction of sp³-hybridized carbons (Fsp3) is 0.400. The molecule has 19 heavy (non-hydrogen) atoms. The van der Waals surface area contributed by atoms with Gasteiger partial charge in [0.05, 0.1) is 23.0 Å². The van der Waals surface area contributed by atoms with E-state index in [1.54, 1.807) is 0 Å². The molecule has 0 saturated heterocycles. The van der Waals surface area contributed by atoms with Gasteiger partial charge in [0.15, 0.2) is 0 Å². The maximum atomic E-state index is 6.39. The lowest BCUT2D eigenvalue weighted by Gasteiger charge is -2.10. The van der Waals surface area contributed by atoms with E-state index in [0.717, 1.165) is 35.1 Å². The second-order valence-corrected chi connectivity index (χ2v) is 4.92. The van der Waals surface area contributed by atoms with Crippen LogP contribution in [0.4, 0.5) is 5.69 Å². The number of hydrogen-bond acceptors (Lipinski definition) is 2. The molecular weight excluding hydrogens is 258 g/mol. The average molecular weight is 278 g/mol. The van der Waals surface area contributed by atoms with E-state index in [4.69, 9.17) is 11.6 Å². The molecule has 0 atom stereocenters. The van der Waals surface area contributed by atoms with Crippen molar-refractivity contribution in [3.05, 3.63) is 46.2 Å². The average Bonchev–Trinajstić information content (AvgIpc) is 2.74. The summed E-state index contributed by atoms with van der Waals surface area (Å²) in [5.74, 6) is 0. The van der Waals surface area contributed by atoms with Crippen LogP contribution < -0.4 is 5.32 Å². The van der Waals surface area contributed by atoms with Gasteiger partial charge in [-0.05, 0) is 31.9 Å². The summed E-state index contributed by atoms with van der Waals surface area (Å²) in [5, 5.41) is 8.76. The highest BCUT2D eigenvalue weighted by atomic mass is 35.5. The first kappa shape index (κ1) is 13.9. The van der Waals surface area contributed by atoms with Gasteiger partial charge in [0.25, 0.3) is 0 Å². The molecule has 1 aromatic carbocycles. The number of nitrogens with zero attached hydrogens (tertiary/aromatic N) is 2. The first-order chi connectivity index (χ1) is 9.17. The maximum Gasteiger partial charge on any atom is 0.0868 e. The number of hydrogen-bond donors (Lipinski definition) is 1. The zero-order valence-corrected chi connectivity index (χ0v) is 12.5. The zero-order valence-electron chi connectivity index (χ0n) is 11.7. The van der Waals surface area contributed by atoms with Crippen LogP contribution in [0.25, 0.3) is 0 Å². The number of rotatable bonds is 5. The second-order valence-electron chi connectivity index (χ2n) is 4.55. The fourth-order valence-electron chi connectivity index (χ4n) is 2.14. The summed E-state index contributed by atoms with van der Waals surface area (Å²) < 4.78 is 1.98. The summed E-state index contributed by atoms with van der Waals surface area (Å²) in [7, 11) is 0. The van der Waals surface area contributed by atoms with E-state index < -0.39 is 0 Å². The normalized spacial score (nSPS) is 10.7. The Morgan fingerprint density at radius 3 is 2.63 bits per heavy atom. The van der Waals surface area contributed by atoms with Crippen LogP contribution in [0.2, 0.25) is 5.02 Å². The molecule has 1 heterocycles. The van der Waals surface area contributed by atoms with Gasteiger partial charge in [-0.3, -0.25) is 4.68 Å². The minimum absolute atomic E-state index is 0.699. The number of aromatic nitrogens is 2. The number of nitrogens with one attached hydrogen (secondary N) is 1. The number of anilines is 1. The van der Waals surface area contributed by atoms with Crippen molar-refractivity contribution in [2.75, 3.05) is 5.32 Å². The third kappa shape index (κ3) is 2.92. The Morgan fingerprint density at radius 1 is 1.26 bits per heavy atom. The van der Waals surface area contributed by atoms with Crippen LogP contribution in [0.3, 0.4) is 0 Å². The van der Waals surface area contributed by atoms with E-state index in [-0.39, 0.29) is 0 Å². The highest BCUT2D eigenvalue weighted by molar-refractivity contribution is 6.31. The van der Waals surface area contributed by atoms with Crippen LogP contribution in [-0.2, 0) is 19.5 Å². The predicted octanol–water partition coefficient (Wildman–Crippen LogP) is 4.04. The molecular formula is C15H20ClN3. The van der Waals surface area contributed by atoms with Crippen molar-refractivity contribution < 1.29 is 0 Å². The number of aryl methyl sites for hydroxylation is 3. The first-order valence-electron chi connectivity index (χ1n) is 6.70. The monoisotopic (exact) mass is 277 g/mol. The Labute approximate surface area is 119 Å². The molecule has 2 aromatic rings. The lowest BCUT2D eigenvalue weighted by Crippen LogP contribution is -2.08. The minimum atomic E-state index is 0.699. The lowest BCUT2D eigenvalue weighted by atomic mass is 10.2. The van der Waals surface area contributed by atoms with Crippen LogP contribution in [0.15, 0.2) is 24.3 Å². The van der Waals surface area contributed by atoms with E-state index >= 15 is 0 Å². The summed E-state index contributed by atoms with van der Waals surface area (Å²) in [6.07, 6.45) is 0.864. The van der Waals surface area contributed by atoms with Gasteiger partial charge >= 0.3 is 0 Å². The molecule has 102 valence electrons. The van der Waals surface area contributed by atoms with Crippen LogP contribution in [0.5, 0.6) is 0 Å². The highest BCUT2D eigenvalue weighted by Crippen LogP contribution is 2.23. The van der Waals surface area contributed by atoms with Gasteiger partial charge in [-0.1, -0.05) is 36.7 Å². The van der Waals surface area contributed by atoms with Crippen LogP contribution in [-0.4, -0.2) is 9.78 Å². The molecule has 0 unspecified atom stereocenters. The standard InChI is InChI=1S/C15H20ClN3/c1-4-12-15(16)14(19(5-2)18-12)10-17-13-9-7-6-8-11(13)3/h6-9,17H,4-5,10H2,1-3H3. The Hall–Kier alpha value is -1.48. The molecule has 0 fully saturated rings. The molecule has 0 aliphatic carbocycles. The van der Waals surface area contributed by atoms with Gasteiger partial charge in [-0.25, -0.2) is 0 Å². The Bertz CT molecular complexity index is 561. The van der Waals surface area contributed by atoms with Gasteiger partial charge < -0.3 is 5.32 Å². The van der Waals surface area contributed by atoms with Crippen molar-refractivity contribution in [3.8, 4) is 0 Å². The number of para-hydroxylation sites is 1. The zero-order chi connectivity index (χ0) is 13.8. The van der Waals surface area contributed by atoms with Crippen molar-refractivity contribution in [1.29, 1.82) is 0 Å². The highest BCUT2D eigenvalue weighted by Gasteiger charge is 2.13. The molecule has 0 bridgehead atoms. The number of halogens is 1. The SMILES string of the molecule is CCc1nn(CC)c(CNc2ccccc2C)c1Cl. The molecule has 1 N–H and O–H groups in total. The Kier molecular flexibility index (Phi) is 4.48. The molecule has 0 saturated carbocycles. The topological polar surface area (TPSA) is 29.9 Å². The van der Waals surface area contributed by atoms with E-state index in [2.05, 4.69) is 43.3 Å². The van der Waals surface area contributed by atoms with Gasteiger partial charge in [0, 0.05) is 12.2 Å². The smallest absolute Gasteiger partial charge is 0.0868 e. The van der Waals surface area contributed by atoms with E-state index in [1.807, 2.05) is 16.8 Å². The molecule has 1 aromatic heterocycles. The Balaban J connectivity index is 2.20. The van der Waals surface area contributed by atoms with Gasteiger partial charge in [0.1, 0.15) is 0 Å².